The zero-order valence-corrected chi connectivity index (χ0v) is 24.9. The highest BCUT2D eigenvalue weighted by Crippen LogP contribution is 2.41. The smallest absolute Gasteiger partial charge is 0.252 e. The molecule has 0 saturated carbocycles. The maximum Gasteiger partial charge on any atom is 0.252 e. The van der Waals surface area contributed by atoms with E-state index in [1.54, 1.807) is 32.4 Å². The number of rotatable bonds is 11. The molecule has 0 aliphatic carbocycles. The highest BCUT2D eigenvalue weighted by Gasteiger charge is 2.21. The molecule has 0 aliphatic rings. The molecule has 9 nitrogen and oxygen atoms in total. The number of ether oxygens (including phenoxy) is 3. The van der Waals surface area contributed by atoms with Gasteiger partial charge >= 0.3 is 0 Å². The summed E-state index contributed by atoms with van der Waals surface area (Å²) < 4.78 is 16.6. The van der Waals surface area contributed by atoms with Crippen molar-refractivity contribution in [3.63, 3.8) is 0 Å². The quantitative estimate of drug-likeness (QED) is 0.127. The normalized spacial score (nSPS) is 11.6. The Hall–Kier alpha value is -5.04. The number of carbonyl (C=O) groups excluding carboxylic acids is 1. The molecule has 5 rings (SSSR count). The summed E-state index contributed by atoms with van der Waals surface area (Å²) in [5.74, 6) is 7.20. The van der Waals surface area contributed by atoms with Gasteiger partial charge in [-0.15, -0.1) is 0 Å². The first-order valence-corrected chi connectivity index (χ1v) is 14.3. The summed E-state index contributed by atoms with van der Waals surface area (Å²) in [5.41, 5.74) is 4.90. The Balaban J connectivity index is 1.57. The minimum absolute atomic E-state index is 0.0783. The number of pyridine rings is 1. The Kier molecular flexibility index (Phi) is 9.65. The lowest BCUT2D eigenvalue weighted by Crippen LogP contribution is -2.39. The number of benzene rings is 3. The Bertz CT molecular complexity index is 1830. The van der Waals surface area contributed by atoms with Crippen molar-refractivity contribution >= 4 is 27.7 Å². The van der Waals surface area contributed by atoms with Crippen LogP contribution in [0.5, 0.6) is 17.2 Å². The standard InChI is InChI=1S/C35H35N3O6/c1-42-32-17-23(18-33(43-2)34(32)44-3)31-19-28(27-15-22(9-5-4-8-14-39)12-13-30(27)38-31)35(41)37-25(21-40)16-24-20-36-29-11-7-6-10-26(24)29/h6-7,10-13,15,17-20,25,36,39-40H,4,8,14,16,21H2,1-3H3,(H,37,41)/t25-/m1/s1. The second-order valence-corrected chi connectivity index (χ2v) is 10.2. The second-order valence-electron chi connectivity index (χ2n) is 10.2. The molecular formula is C35H35N3O6. The Labute approximate surface area is 255 Å². The van der Waals surface area contributed by atoms with E-state index in [1.165, 1.54) is 7.11 Å². The van der Waals surface area contributed by atoms with Crippen molar-refractivity contribution in [2.75, 3.05) is 34.5 Å². The third kappa shape index (κ3) is 6.47. The summed E-state index contributed by atoms with van der Waals surface area (Å²) in [4.78, 5) is 22.1. The van der Waals surface area contributed by atoms with Crippen molar-refractivity contribution in [2.24, 2.45) is 0 Å². The van der Waals surface area contributed by atoms with Crippen molar-refractivity contribution in [1.82, 2.24) is 15.3 Å². The van der Waals surface area contributed by atoms with Gasteiger partial charge in [0.1, 0.15) is 0 Å². The minimum atomic E-state index is -0.531. The van der Waals surface area contributed by atoms with Crippen molar-refractivity contribution < 1.29 is 29.2 Å². The molecular weight excluding hydrogens is 558 g/mol. The van der Waals surface area contributed by atoms with Crippen LogP contribution in [0.3, 0.4) is 0 Å². The van der Waals surface area contributed by atoms with Crippen LogP contribution in [0.25, 0.3) is 33.1 Å². The van der Waals surface area contributed by atoms with Crippen molar-refractivity contribution in [3.05, 3.63) is 83.6 Å². The van der Waals surface area contributed by atoms with Crippen molar-refractivity contribution in [3.8, 4) is 40.3 Å². The predicted octanol–water partition coefficient (Wildman–Crippen LogP) is 4.87. The van der Waals surface area contributed by atoms with E-state index in [-0.39, 0.29) is 19.1 Å². The average molecular weight is 594 g/mol. The van der Waals surface area contributed by atoms with E-state index in [9.17, 15) is 9.90 Å². The van der Waals surface area contributed by atoms with Crippen LogP contribution in [0.1, 0.15) is 34.3 Å². The highest BCUT2D eigenvalue weighted by molar-refractivity contribution is 6.07. The van der Waals surface area contributed by atoms with Gasteiger partial charge < -0.3 is 34.7 Å². The number of aliphatic hydroxyl groups is 2. The number of hydrogen-bond acceptors (Lipinski definition) is 7. The van der Waals surface area contributed by atoms with E-state index < -0.39 is 6.04 Å². The van der Waals surface area contributed by atoms with Gasteiger partial charge in [0.2, 0.25) is 5.75 Å². The monoisotopic (exact) mass is 593 g/mol. The summed E-state index contributed by atoms with van der Waals surface area (Å²) in [6.07, 6.45) is 3.50. The van der Waals surface area contributed by atoms with Crippen molar-refractivity contribution in [2.45, 2.75) is 25.3 Å². The van der Waals surface area contributed by atoms with E-state index >= 15 is 0 Å². The van der Waals surface area contributed by atoms with Crippen LogP contribution >= 0.6 is 0 Å². The molecule has 1 atom stereocenters. The Morgan fingerprint density at radius 2 is 1.75 bits per heavy atom. The summed E-state index contributed by atoms with van der Waals surface area (Å²) in [7, 11) is 4.62. The zero-order chi connectivity index (χ0) is 31.1. The third-order valence-corrected chi connectivity index (χ3v) is 7.40. The summed E-state index contributed by atoms with van der Waals surface area (Å²) in [5, 5.41) is 24.1. The molecule has 0 fully saturated rings. The van der Waals surface area contributed by atoms with E-state index in [0.29, 0.717) is 64.2 Å². The third-order valence-electron chi connectivity index (χ3n) is 7.40. The number of methoxy groups -OCH3 is 3. The Morgan fingerprint density at radius 1 is 0.977 bits per heavy atom. The van der Waals surface area contributed by atoms with Gasteiger partial charge in [-0.05, 0) is 60.9 Å². The molecule has 0 spiro atoms. The number of hydrogen-bond donors (Lipinski definition) is 4. The van der Waals surface area contributed by atoms with Gasteiger partial charge in [-0.2, -0.15) is 0 Å². The fourth-order valence-corrected chi connectivity index (χ4v) is 5.19. The molecule has 0 radical (unpaired) electrons. The lowest BCUT2D eigenvalue weighted by Gasteiger charge is -2.18. The number of para-hydroxylation sites is 1. The van der Waals surface area contributed by atoms with Crippen LogP contribution in [0.15, 0.2) is 66.9 Å². The van der Waals surface area contributed by atoms with Crippen LogP contribution in [-0.4, -0.2) is 66.7 Å². The molecule has 4 N–H and O–H groups in total. The van der Waals surface area contributed by atoms with E-state index in [1.807, 2.05) is 48.7 Å². The van der Waals surface area contributed by atoms with Gasteiger partial charge in [0, 0.05) is 46.6 Å². The molecule has 9 heteroatoms. The number of aromatic amines is 1. The first-order valence-electron chi connectivity index (χ1n) is 14.3. The van der Waals surface area contributed by atoms with E-state index in [2.05, 4.69) is 22.1 Å². The van der Waals surface area contributed by atoms with Crippen LogP contribution in [0.4, 0.5) is 0 Å². The van der Waals surface area contributed by atoms with Crippen LogP contribution in [-0.2, 0) is 6.42 Å². The highest BCUT2D eigenvalue weighted by atomic mass is 16.5. The van der Waals surface area contributed by atoms with E-state index in [0.717, 1.165) is 22.0 Å². The predicted molar refractivity (Wildman–Crippen MR) is 170 cm³/mol. The molecule has 1 amide bonds. The number of aromatic nitrogens is 2. The van der Waals surface area contributed by atoms with Gasteiger partial charge in [0.25, 0.3) is 5.91 Å². The average Bonchev–Trinajstić information content (AvgIpc) is 3.47. The van der Waals surface area contributed by atoms with Gasteiger partial charge in [-0.1, -0.05) is 30.0 Å². The number of nitrogens with zero attached hydrogens (tertiary/aromatic N) is 1. The molecule has 0 saturated heterocycles. The number of unbranched alkanes of at least 4 members (excludes halogenated alkanes) is 1. The second kappa shape index (κ2) is 14.0. The first kappa shape index (κ1) is 30.4. The summed E-state index contributed by atoms with van der Waals surface area (Å²) in [6.45, 7) is -0.162. The molecule has 0 aliphatic heterocycles. The summed E-state index contributed by atoms with van der Waals surface area (Å²) >= 11 is 0. The molecule has 0 unspecified atom stereocenters. The number of fused-ring (bicyclic) bond motifs is 2. The van der Waals surface area contributed by atoms with Gasteiger partial charge in [-0.3, -0.25) is 4.79 Å². The number of nitrogens with one attached hydrogen (secondary N) is 2. The fraction of sp³-hybridized carbons (Fsp3) is 0.257. The molecule has 5 aromatic rings. The molecule has 44 heavy (non-hydrogen) atoms. The molecule has 226 valence electrons. The Morgan fingerprint density at radius 3 is 2.45 bits per heavy atom. The number of aliphatic hydroxyl groups excluding tert-OH is 2. The minimum Gasteiger partial charge on any atom is -0.493 e. The van der Waals surface area contributed by atoms with Gasteiger partial charge in [-0.25, -0.2) is 4.98 Å². The SMILES string of the molecule is COc1cc(-c2cc(C(=O)N[C@@H](CO)Cc3c[nH]c4ccccc34)c3cc(C#CCCCO)ccc3n2)cc(OC)c1OC. The van der Waals surface area contributed by atoms with Crippen LogP contribution in [0.2, 0.25) is 0 Å². The topological polar surface area (TPSA) is 126 Å². The van der Waals surface area contributed by atoms with Gasteiger partial charge in [0.15, 0.2) is 11.5 Å². The number of H-pyrrole nitrogens is 1. The van der Waals surface area contributed by atoms with Crippen molar-refractivity contribution in [1.29, 1.82) is 0 Å². The molecule has 3 aromatic carbocycles. The molecule has 2 heterocycles. The number of carbonyl (C=O) groups is 1. The lowest BCUT2D eigenvalue weighted by atomic mass is 10.00. The fourth-order valence-electron chi connectivity index (χ4n) is 5.19. The number of amides is 1. The zero-order valence-electron chi connectivity index (χ0n) is 24.9. The van der Waals surface area contributed by atoms with Gasteiger partial charge in [0.05, 0.1) is 50.8 Å². The van der Waals surface area contributed by atoms with E-state index in [4.69, 9.17) is 24.3 Å². The lowest BCUT2D eigenvalue weighted by molar-refractivity contribution is 0.0918. The molecule has 2 aromatic heterocycles. The maximum atomic E-state index is 14.0. The molecule has 0 bridgehead atoms. The maximum absolute atomic E-state index is 14.0. The summed E-state index contributed by atoms with van der Waals surface area (Å²) in [6, 6.07) is 18.2. The largest absolute Gasteiger partial charge is 0.493 e. The van der Waals surface area contributed by atoms with Crippen LogP contribution < -0.4 is 19.5 Å². The first-order chi connectivity index (χ1) is 21.5. The van der Waals surface area contributed by atoms with Crippen LogP contribution in [0, 0.1) is 11.8 Å².